The zero-order chi connectivity index (χ0) is 16.2. The van der Waals surface area contributed by atoms with E-state index in [9.17, 15) is 13.2 Å². The summed E-state index contributed by atoms with van der Waals surface area (Å²) in [5, 5.41) is 0. The molecule has 1 rings (SSSR count). The van der Waals surface area contributed by atoms with Gasteiger partial charge in [0.05, 0.1) is 0 Å². The van der Waals surface area contributed by atoms with Gasteiger partial charge in [-0.1, -0.05) is 25.2 Å². The quantitative estimate of drug-likeness (QED) is 0.622. The van der Waals surface area contributed by atoms with Crippen molar-refractivity contribution in [3.63, 3.8) is 0 Å². The third kappa shape index (κ3) is 5.07. The Labute approximate surface area is 132 Å². The van der Waals surface area contributed by atoms with Crippen LogP contribution in [0.25, 0.3) is 0 Å². The molecule has 21 heavy (non-hydrogen) atoms. The molecule has 0 bridgehead atoms. The lowest BCUT2D eigenvalue weighted by Gasteiger charge is -2.32. The van der Waals surface area contributed by atoms with E-state index in [0.717, 1.165) is 10.6 Å². The van der Waals surface area contributed by atoms with Crippen LogP contribution in [0.5, 0.6) is 0 Å². The summed E-state index contributed by atoms with van der Waals surface area (Å²) in [7, 11) is 0. The minimum absolute atomic E-state index is 0.120. The third-order valence-electron chi connectivity index (χ3n) is 2.83. The van der Waals surface area contributed by atoms with E-state index in [2.05, 4.69) is 0 Å². The lowest BCUT2D eigenvalue weighted by Crippen LogP contribution is -2.40. The number of halogens is 3. The van der Waals surface area contributed by atoms with Gasteiger partial charge in [-0.15, -0.1) is 11.8 Å². The highest BCUT2D eigenvalue weighted by Gasteiger charge is 2.33. The van der Waals surface area contributed by atoms with E-state index in [1.807, 2.05) is 13.0 Å². The summed E-state index contributed by atoms with van der Waals surface area (Å²) in [6.45, 7) is 4.38. The van der Waals surface area contributed by atoms with Crippen molar-refractivity contribution in [3.8, 4) is 0 Å². The largest absolute Gasteiger partial charge is 0.405 e. The van der Waals surface area contributed by atoms with Crippen LogP contribution in [-0.2, 0) is 0 Å². The normalized spacial score (nSPS) is 11.8. The van der Waals surface area contributed by atoms with E-state index in [0.29, 0.717) is 11.3 Å². The molecule has 0 spiro atoms. The molecule has 0 unspecified atom stereocenters. The van der Waals surface area contributed by atoms with Crippen molar-refractivity contribution in [2.45, 2.75) is 37.9 Å². The highest BCUT2D eigenvalue weighted by atomic mass is 32.2. The van der Waals surface area contributed by atoms with E-state index in [-0.39, 0.29) is 11.0 Å². The first-order valence-corrected chi connectivity index (χ1v) is 7.95. The van der Waals surface area contributed by atoms with Gasteiger partial charge < -0.3 is 10.6 Å². The maximum atomic E-state index is 12.8. The van der Waals surface area contributed by atoms with Crippen molar-refractivity contribution in [2.75, 3.05) is 17.2 Å². The van der Waals surface area contributed by atoms with Gasteiger partial charge in [-0.3, -0.25) is 0 Å². The molecule has 0 amide bonds. The highest BCUT2D eigenvalue weighted by molar-refractivity contribution is 7.99. The number of thioether (sulfide) groups is 1. The summed E-state index contributed by atoms with van der Waals surface area (Å²) in [6, 6.07) is 4.89. The SMILES string of the molecule is CCSc1cccc(N(CC(F)(F)F)C(C)C)c1C(N)=S. The van der Waals surface area contributed by atoms with Crippen LogP contribution >= 0.6 is 24.0 Å². The third-order valence-corrected chi connectivity index (χ3v) is 3.98. The Balaban J connectivity index is 3.37. The summed E-state index contributed by atoms with van der Waals surface area (Å²) >= 11 is 6.57. The molecular weight excluding hydrogens is 317 g/mol. The van der Waals surface area contributed by atoms with Crippen LogP contribution in [0.15, 0.2) is 23.1 Å². The van der Waals surface area contributed by atoms with Crippen LogP contribution in [0.3, 0.4) is 0 Å². The molecule has 0 aromatic heterocycles. The molecule has 2 nitrogen and oxygen atoms in total. The number of hydrogen-bond acceptors (Lipinski definition) is 3. The van der Waals surface area contributed by atoms with Crippen LogP contribution in [0.4, 0.5) is 18.9 Å². The monoisotopic (exact) mass is 336 g/mol. The molecule has 0 saturated carbocycles. The minimum Gasteiger partial charge on any atom is -0.389 e. The lowest BCUT2D eigenvalue weighted by molar-refractivity contribution is -0.120. The van der Waals surface area contributed by atoms with E-state index in [4.69, 9.17) is 18.0 Å². The van der Waals surface area contributed by atoms with Gasteiger partial charge in [-0.25, -0.2) is 0 Å². The topological polar surface area (TPSA) is 29.3 Å². The van der Waals surface area contributed by atoms with Crippen LogP contribution in [0, 0.1) is 0 Å². The summed E-state index contributed by atoms with van der Waals surface area (Å²) < 4.78 is 38.5. The second-order valence-corrected chi connectivity index (χ2v) is 6.53. The molecule has 0 heterocycles. The number of nitrogens with zero attached hydrogens (tertiary/aromatic N) is 1. The maximum Gasteiger partial charge on any atom is 0.405 e. The molecule has 1 aromatic rings. The Bertz CT molecular complexity index is 501. The first-order valence-electron chi connectivity index (χ1n) is 6.56. The first-order chi connectivity index (χ1) is 9.67. The first kappa shape index (κ1) is 18.1. The Morgan fingerprint density at radius 2 is 2.00 bits per heavy atom. The Hall–Kier alpha value is -0.950. The summed E-state index contributed by atoms with van der Waals surface area (Å²) in [5.74, 6) is 0.792. The summed E-state index contributed by atoms with van der Waals surface area (Å²) in [4.78, 5) is 2.22. The Kier molecular flexibility index (Phi) is 6.34. The minimum atomic E-state index is -4.29. The van der Waals surface area contributed by atoms with Crippen LogP contribution in [0.1, 0.15) is 26.3 Å². The van der Waals surface area contributed by atoms with E-state index >= 15 is 0 Å². The zero-order valence-corrected chi connectivity index (χ0v) is 13.8. The fourth-order valence-corrected chi connectivity index (χ4v) is 3.15. The van der Waals surface area contributed by atoms with E-state index in [1.165, 1.54) is 16.7 Å². The molecule has 2 N–H and O–H groups in total. The van der Waals surface area contributed by atoms with Crippen molar-refractivity contribution in [3.05, 3.63) is 23.8 Å². The van der Waals surface area contributed by atoms with E-state index < -0.39 is 12.7 Å². The Morgan fingerprint density at radius 3 is 2.43 bits per heavy atom. The number of hydrogen-bond donors (Lipinski definition) is 1. The van der Waals surface area contributed by atoms with Crippen molar-refractivity contribution in [2.24, 2.45) is 5.73 Å². The molecule has 118 valence electrons. The second kappa shape index (κ2) is 7.35. The number of thiocarbonyl (C=S) groups is 1. The van der Waals surface area contributed by atoms with Gasteiger partial charge >= 0.3 is 6.18 Å². The number of alkyl halides is 3. The molecule has 0 saturated heterocycles. The van der Waals surface area contributed by atoms with Crippen LogP contribution in [-0.4, -0.2) is 29.5 Å². The fourth-order valence-electron chi connectivity index (χ4n) is 2.02. The predicted molar refractivity (Wildman–Crippen MR) is 87.3 cm³/mol. The number of nitrogens with two attached hydrogens (primary N) is 1. The maximum absolute atomic E-state index is 12.8. The molecule has 0 radical (unpaired) electrons. The number of rotatable bonds is 6. The smallest absolute Gasteiger partial charge is 0.389 e. The number of anilines is 1. The van der Waals surface area contributed by atoms with Crippen molar-refractivity contribution in [1.82, 2.24) is 0 Å². The highest BCUT2D eigenvalue weighted by Crippen LogP contribution is 2.33. The molecule has 1 aromatic carbocycles. The molecule has 0 atom stereocenters. The molecule has 0 aliphatic carbocycles. The standard InChI is InChI=1S/C14H19F3N2S2/c1-4-21-11-7-5-6-10(12(11)13(18)20)19(9(2)3)8-14(15,16)17/h5-7,9H,4,8H2,1-3H3,(H2,18,20). The summed E-state index contributed by atoms with van der Waals surface area (Å²) in [5.41, 5.74) is 6.72. The molecular formula is C14H19F3N2S2. The second-order valence-electron chi connectivity index (χ2n) is 4.78. The van der Waals surface area contributed by atoms with Gasteiger partial charge in [-0.2, -0.15) is 13.2 Å². The molecule has 0 aliphatic rings. The Morgan fingerprint density at radius 1 is 1.38 bits per heavy atom. The van der Waals surface area contributed by atoms with Crippen molar-refractivity contribution < 1.29 is 13.2 Å². The van der Waals surface area contributed by atoms with Crippen molar-refractivity contribution in [1.29, 1.82) is 0 Å². The van der Waals surface area contributed by atoms with Crippen LogP contribution in [0.2, 0.25) is 0 Å². The molecule has 0 aliphatic heterocycles. The number of benzene rings is 1. The van der Waals surface area contributed by atoms with Gasteiger partial charge in [-0.05, 0) is 31.7 Å². The lowest BCUT2D eigenvalue weighted by atomic mass is 10.1. The van der Waals surface area contributed by atoms with Gasteiger partial charge in [0.15, 0.2) is 0 Å². The molecule has 7 heteroatoms. The zero-order valence-electron chi connectivity index (χ0n) is 12.2. The van der Waals surface area contributed by atoms with Crippen molar-refractivity contribution >= 4 is 34.7 Å². The van der Waals surface area contributed by atoms with Gasteiger partial charge in [0.2, 0.25) is 0 Å². The fraction of sp³-hybridized carbons (Fsp3) is 0.500. The van der Waals surface area contributed by atoms with Gasteiger partial charge in [0.25, 0.3) is 0 Å². The van der Waals surface area contributed by atoms with Crippen LogP contribution < -0.4 is 10.6 Å². The average Bonchev–Trinajstić information content (AvgIpc) is 2.34. The van der Waals surface area contributed by atoms with Gasteiger partial charge in [0, 0.05) is 22.2 Å². The summed E-state index contributed by atoms with van der Waals surface area (Å²) in [6.07, 6.45) is -4.29. The van der Waals surface area contributed by atoms with E-state index in [1.54, 1.807) is 26.0 Å². The molecule has 0 fully saturated rings. The predicted octanol–water partition coefficient (Wildman–Crippen LogP) is 4.21. The van der Waals surface area contributed by atoms with Gasteiger partial charge in [0.1, 0.15) is 11.5 Å². The average molecular weight is 336 g/mol.